The molecule has 1 heterocycles. The van der Waals surface area contributed by atoms with Crippen molar-refractivity contribution in [1.29, 1.82) is 0 Å². The average molecular weight is 219 g/mol. The Labute approximate surface area is 88.5 Å². The van der Waals surface area contributed by atoms with Gasteiger partial charge >= 0.3 is 0 Å². The van der Waals surface area contributed by atoms with Crippen LogP contribution in [0.1, 0.15) is 31.1 Å². The highest BCUT2D eigenvalue weighted by atomic mass is 35.5. The molecule has 2 nitrogen and oxygen atoms in total. The number of aromatic nitrogens is 2. The molecule has 0 aliphatic rings. The van der Waals surface area contributed by atoms with Gasteiger partial charge in [-0.1, -0.05) is 13.8 Å². The Bertz CT molecular complexity index is 260. The van der Waals surface area contributed by atoms with Crippen molar-refractivity contribution >= 4 is 23.1 Å². The summed E-state index contributed by atoms with van der Waals surface area (Å²) in [6, 6.07) is 0. The largest absolute Gasteiger partial charge is 0.225 e. The van der Waals surface area contributed by atoms with Crippen molar-refractivity contribution in [2.24, 2.45) is 5.92 Å². The van der Waals surface area contributed by atoms with Gasteiger partial charge < -0.3 is 0 Å². The van der Waals surface area contributed by atoms with Crippen molar-refractivity contribution in [3.05, 3.63) is 10.8 Å². The topological polar surface area (TPSA) is 25.8 Å². The number of halogens is 1. The summed E-state index contributed by atoms with van der Waals surface area (Å²) in [7, 11) is 0. The first-order chi connectivity index (χ1) is 6.08. The van der Waals surface area contributed by atoms with Crippen molar-refractivity contribution in [2.45, 2.75) is 39.0 Å². The third kappa shape index (κ3) is 4.05. The lowest BCUT2D eigenvalue weighted by molar-refractivity contribution is 0.561. The Morgan fingerprint density at radius 2 is 2.15 bits per heavy atom. The van der Waals surface area contributed by atoms with E-state index in [1.54, 1.807) is 0 Å². The van der Waals surface area contributed by atoms with Crippen LogP contribution < -0.4 is 0 Å². The maximum Gasteiger partial charge on any atom is 0.139 e. The molecule has 0 spiro atoms. The Morgan fingerprint density at radius 1 is 1.46 bits per heavy atom. The maximum absolute atomic E-state index is 6.16. The summed E-state index contributed by atoms with van der Waals surface area (Å²) in [5.74, 6) is 1.50. The molecule has 0 aliphatic heterocycles. The molecule has 74 valence electrons. The van der Waals surface area contributed by atoms with E-state index in [-0.39, 0.29) is 5.38 Å². The van der Waals surface area contributed by atoms with Gasteiger partial charge in [0.15, 0.2) is 0 Å². The standard InChI is InChI=1S/C9H15ClN2S/c1-6(2)4-8(10)5-9-11-7(3)12-13-9/h6,8H,4-5H2,1-3H3. The van der Waals surface area contributed by atoms with E-state index in [0.717, 1.165) is 23.7 Å². The molecule has 0 aromatic carbocycles. The van der Waals surface area contributed by atoms with E-state index in [0.29, 0.717) is 5.92 Å². The molecule has 0 N–H and O–H groups in total. The van der Waals surface area contributed by atoms with Crippen LogP contribution in [0.15, 0.2) is 0 Å². The Kier molecular flexibility index (Phi) is 4.13. The molecular formula is C9H15ClN2S. The molecule has 4 heteroatoms. The minimum atomic E-state index is 0.201. The molecule has 0 amide bonds. The maximum atomic E-state index is 6.16. The van der Waals surface area contributed by atoms with Gasteiger partial charge in [0.25, 0.3) is 0 Å². The van der Waals surface area contributed by atoms with E-state index in [4.69, 9.17) is 11.6 Å². The van der Waals surface area contributed by atoms with Crippen LogP contribution in [0.25, 0.3) is 0 Å². The Hall–Kier alpha value is -0.150. The minimum Gasteiger partial charge on any atom is -0.225 e. The zero-order chi connectivity index (χ0) is 9.84. The van der Waals surface area contributed by atoms with Gasteiger partial charge in [0.1, 0.15) is 10.8 Å². The normalized spacial score (nSPS) is 13.6. The summed E-state index contributed by atoms with van der Waals surface area (Å²) in [4.78, 5) is 4.28. The highest BCUT2D eigenvalue weighted by Gasteiger charge is 2.10. The summed E-state index contributed by atoms with van der Waals surface area (Å²) in [5, 5.41) is 1.26. The Balaban J connectivity index is 2.40. The predicted octanol–water partition coefficient (Wildman–Crippen LogP) is 3.04. The van der Waals surface area contributed by atoms with E-state index in [9.17, 15) is 0 Å². The lowest BCUT2D eigenvalue weighted by Crippen LogP contribution is -2.06. The fourth-order valence-electron chi connectivity index (χ4n) is 1.21. The quantitative estimate of drug-likeness (QED) is 0.726. The predicted molar refractivity (Wildman–Crippen MR) is 57.4 cm³/mol. The molecule has 13 heavy (non-hydrogen) atoms. The molecule has 0 fully saturated rings. The van der Waals surface area contributed by atoms with E-state index in [1.165, 1.54) is 11.5 Å². The summed E-state index contributed by atoms with van der Waals surface area (Å²) < 4.78 is 4.12. The second kappa shape index (κ2) is 4.91. The van der Waals surface area contributed by atoms with Gasteiger partial charge in [-0.15, -0.1) is 11.6 Å². The molecule has 0 radical (unpaired) electrons. The number of alkyl halides is 1. The molecule has 1 unspecified atom stereocenters. The molecule has 1 aromatic heterocycles. The summed E-state index contributed by atoms with van der Waals surface area (Å²) in [5.41, 5.74) is 0. The van der Waals surface area contributed by atoms with Crippen molar-refractivity contribution < 1.29 is 0 Å². The minimum absolute atomic E-state index is 0.201. The van der Waals surface area contributed by atoms with Crippen LogP contribution in [0.5, 0.6) is 0 Å². The molecular weight excluding hydrogens is 204 g/mol. The van der Waals surface area contributed by atoms with Gasteiger partial charge in [0, 0.05) is 11.8 Å². The number of nitrogens with zero attached hydrogens (tertiary/aromatic N) is 2. The van der Waals surface area contributed by atoms with Crippen molar-refractivity contribution in [3.63, 3.8) is 0 Å². The van der Waals surface area contributed by atoms with Crippen molar-refractivity contribution in [3.8, 4) is 0 Å². The molecule has 0 saturated carbocycles. The van der Waals surface area contributed by atoms with Crippen LogP contribution in [-0.4, -0.2) is 14.7 Å². The van der Waals surface area contributed by atoms with Crippen LogP contribution in [0.3, 0.4) is 0 Å². The lowest BCUT2D eigenvalue weighted by atomic mass is 10.1. The van der Waals surface area contributed by atoms with Gasteiger partial charge in [-0.2, -0.15) is 4.37 Å². The van der Waals surface area contributed by atoms with Gasteiger partial charge in [-0.25, -0.2) is 4.98 Å². The van der Waals surface area contributed by atoms with Crippen LogP contribution in [0, 0.1) is 12.8 Å². The monoisotopic (exact) mass is 218 g/mol. The first kappa shape index (κ1) is 10.9. The van der Waals surface area contributed by atoms with Crippen LogP contribution in [0.4, 0.5) is 0 Å². The molecule has 1 rings (SSSR count). The second-order valence-corrected chi connectivity index (χ2v) is 5.12. The van der Waals surface area contributed by atoms with Crippen molar-refractivity contribution in [1.82, 2.24) is 9.36 Å². The molecule has 1 aromatic rings. The van der Waals surface area contributed by atoms with Gasteiger partial charge in [-0.3, -0.25) is 0 Å². The molecule has 0 aliphatic carbocycles. The SMILES string of the molecule is Cc1nsc(CC(Cl)CC(C)C)n1. The summed E-state index contributed by atoms with van der Waals surface area (Å²) >= 11 is 7.62. The van der Waals surface area contributed by atoms with Gasteiger partial charge in [0.05, 0.1) is 0 Å². The average Bonchev–Trinajstić information content (AvgIpc) is 2.33. The second-order valence-electron chi connectivity index (χ2n) is 3.67. The number of rotatable bonds is 4. The lowest BCUT2D eigenvalue weighted by Gasteiger charge is -2.09. The van der Waals surface area contributed by atoms with Crippen LogP contribution in [0.2, 0.25) is 0 Å². The summed E-state index contributed by atoms with van der Waals surface area (Å²) in [6.07, 6.45) is 1.89. The van der Waals surface area contributed by atoms with Gasteiger partial charge in [-0.05, 0) is 30.8 Å². The van der Waals surface area contributed by atoms with Crippen LogP contribution in [-0.2, 0) is 6.42 Å². The first-order valence-corrected chi connectivity index (χ1v) is 5.72. The number of hydrogen-bond acceptors (Lipinski definition) is 3. The Morgan fingerprint density at radius 3 is 2.62 bits per heavy atom. The zero-order valence-electron chi connectivity index (χ0n) is 8.25. The van der Waals surface area contributed by atoms with Crippen LogP contribution >= 0.6 is 23.1 Å². The van der Waals surface area contributed by atoms with E-state index >= 15 is 0 Å². The summed E-state index contributed by atoms with van der Waals surface area (Å²) in [6.45, 7) is 6.27. The first-order valence-electron chi connectivity index (χ1n) is 4.51. The fourth-order valence-corrected chi connectivity index (χ4v) is 2.53. The van der Waals surface area contributed by atoms with Gasteiger partial charge in [0.2, 0.25) is 0 Å². The zero-order valence-corrected chi connectivity index (χ0v) is 9.82. The smallest absolute Gasteiger partial charge is 0.139 e. The van der Waals surface area contributed by atoms with E-state index in [1.807, 2.05) is 6.92 Å². The van der Waals surface area contributed by atoms with E-state index < -0.39 is 0 Å². The number of aryl methyl sites for hydroxylation is 1. The molecule has 0 bridgehead atoms. The fraction of sp³-hybridized carbons (Fsp3) is 0.778. The third-order valence-corrected chi connectivity index (χ3v) is 2.85. The van der Waals surface area contributed by atoms with E-state index in [2.05, 4.69) is 23.2 Å². The highest BCUT2D eigenvalue weighted by molar-refractivity contribution is 7.05. The number of hydrogen-bond donors (Lipinski definition) is 0. The molecule has 1 atom stereocenters. The molecule has 0 saturated heterocycles. The third-order valence-electron chi connectivity index (χ3n) is 1.69. The van der Waals surface area contributed by atoms with Crippen molar-refractivity contribution in [2.75, 3.05) is 0 Å². The highest BCUT2D eigenvalue weighted by Crippen LogP contribution is 2.17.